The van der Waals surface area contributed by atoms with Gasteiger partial charge in [-0.1, -0.05) is 0 Å². The van der Waals surface area contributed by atoms with E-state index >= 15 is 0 Å². The van der Waals surface area contributed by atoms with Crippen LogP contribution in [0.3, 0.4) is 0 Å². The number of aromatic nitrogens is 3. The van der Waals surface area contributed by atoms with E-state index in [4.69, 9.17) is 10.2 Å². The number of aromatic amines is 1. The Morgan fingerprint density at radius 3 is 2.64 bits per heavy atom. The number of carboxylic acids is 1. The molecule has 6 heteroatoms. The molecule has 0 fully saturated rings. The highest BCUT2D eigenvalue weighted by Gasteiger charge is 2.21. The molecule has 0 radical (unpaired) electrons. The predicted octanol–water partition coefficient (Wildman–Crippen LogP) is -0.769. The number of hydrogen-bond acceptors (Lipinski definition) is 4. The van der Waals surface area contributed by atoms with Crippen molar-refractivity contribution in [2.45, 2.75) is 13.0 Å². The van der Waals surface area contributed by atoms with Gasteiger partial charge in [-0.05, 0) is 6.92 Å². The Balaban J connectivity index is 2.92. The average molecular weight is 157 g/mol. The number of hydrogen-bond donors (Lipinski definition) is 3. The Bertz CT molecular complexity index is 270. The molecule has 1 aromatic heterocycles. The third kappa shape index (κ3) is 1.35. The van der Waals surface area contributed by atoms with Gasteiger partial charge in [0.25, 0.3) is 0 Å². The van der Waals surface area contributed by atoms with Gasteiger partial charge in [0, 0.05) is 0 Å². The molecule has 0 saturated carbocycles. The second-order valence-corrected chi connectivity index (χ2v) is 2.04. The zero-order valence-corrected chi connectivity index (χ0v) is 5.77. The molecule has 1 aromatic rings. The van der Waals surface area contributed by atoms with Gasteiger partial charge >= 0.3 is 5.97 Å². The second-order valence-electron chi connectivity index (χ2n) is 2.04. The van der Waals surface area contributed by atoms with Crippen LogP contribution in [-0.4, -0.2) is 31.6 Å². The van der Waals surface area contributed by atoms with Crippen molar-refractivity contribution in [3.8, 4) is 0 Å². The molecule has 0 aliphatic rings. The number of aliphatic hydroxyl groups is 1. The van der Waals surface area contributed by atoms with Crippen LogP contribution in [0.2, 0.25) is 0 Å². The number of nitrogens with one attached hydrogen (secondary N) is 1. The molecule has 0 bridgehead atoms. The van der Waals surface area contributed by atoms with Crippen LogP contribution in [0.4, 0.5) is 0 Å². The molecule has 0 aliphatic carbocycles. The van der Waals surface area contributed by atoms with Crippen LogP contribution in [0.15, 0.2) is 0 Å². The molecular formula is C5H7N3O3. The minimum absolute atomic E-state index is 0.0532. The fourth-order valence-corrected chi connectivity index (χ4v) is 0.668. The van der Waals surface area contributed by atoms with Crippen molar-refractivity contribution in [1.29, 1.82) is 0 Å². The Kier molecular flexibility index (Phi) is 1.86. The van der Waals surface area contributed by atoms with Crippen LogP contribution in [0.1, 0.15) is 17.5 Å². The lowest BCUT2D eigenvalue weighted by molar-refractivity contribution is -0.147. The van der Waals surface area contributed by atoms with Crippen molar-refractivity contribution in [2.75, 3.05) is 0 Å². The Morgan fingerprint density at radius 2 is 2.27 bits per heavy atom. The largest absolute Gasteiger partial charge is 0.479 e. The van der Waals surface area contributed by atoms with Crippen molar-refractivity contribution in [2.24, 2.45) is 0 Å². The normalized spacial score (nSPS) is 12.9. The van der Waals surface area contributed by atoms with E-state index in [2.05, 4.69) is 15.4 Å². The minimum Gasteiger partial charge on any atom is -0.479 e. The topological polar surface area (TPSA) is 99.1 Å². The molecule has 1 atom stereocenters. The first-order valence-corrected chi connectivity index (χ1v) is 2.91. The zero-order valence-electron chi connectivity index (χ0n) is 5.77. The molecule has 0 saturated heterocycles. The molecule has 0 aromatic carbocycles. The van der Waals surface area contributed by atoms with Gasteiger partial charge in [-0.25, -0.2) is 4.79 Å². The van der Waals surface area contributed by atoms with Crippen LogP contribution in [0.5, 0.6) is 0 Å². The van der Waals surface area contributed by atoms with Crippen molar-refractivity contribution in [3.05, 3.63) is 11.4 Å². The molecule has 6 nitrogen and oxygen atoms in total. The number of carboxylic acid groups (broad SMARTS) is 1. The number of aliphatic carboxylic acids is 1. The van der Waals surface area contributed by atoms with Crippen LogP contribution in [0, 0.1) is 6.92 Å². The number of aliphatic hydroxyl groups excluding tert-OH is 1. The molecule has 1 heterocycles. The minimum atomic E-state index is -1.59. The van der Waals surface area contributed by atoms with Gasteiger partial charge in [-0.2, -0.15) is 15.4 Å². The van der Waals surface area contributed by atoms with Crippen LogP contribution < -0.4 is 0 Å². The van der Waals surface area contributed by atoms with Crippen molar-refractivity contribution in [3.63, 3.8) is 0 Å². The molecule has 11 heavy (non-hydrogen) atoms. The zero-order chi connectivity index (χ0) is 8.43. The number of nitrogens with zero attached hydrogens (tertiary/aromatic N) is 2. The third-order valence-corrected chi connectivity index (χ3v) is 1.25. The Hall–Kier alpha value is -1.43. The Labute approximate surface area is 61.9 Å². The summed E-state index contributed by atoms with van der Waals surface area (Å²) in [6.45, 7) is 1.56. The second kappa shape index (κ2) is 2.67. The molecule has 3 N–H and O–H groups in total. The summed E-state index contributed by atoms with van der Waals surface area (Å²) in [6.07, 6.45) is -1.59. The number of H-pyrrole nitrogens is 1. The van der Waals surface area contributed by atoms with E-state index in [1.807, 2.05) is 0 Å². The molecule has 1 unspecified atom stereocenters. The van der Waals surface area contributed by atoms with E-state index in [1.165, 1.54) is 0 Å². The third-order valence-electron chi connectivity index (χ3n) is 1.25. The van der Waals surface area contributed by atoms with Gasteiger partial charge in [0.05, 0.1) is 5.69 Å². The predicted molar refractivity (Wildman–Crippen MR) is 33.7 cm³/mol. The SMILES string of the molecule is Cc1n[nH]nc1C(O)C(=O)O. The van der Waals surface area contributed by atoms with Gasteiger partial charge < -0.3 is 10.2 Å². The van der Waals surface area contributed by atoms with Gasteiger partial charge in [-0.15, -0.1) is 0 Å². The van der Waals surface area contributed by atoms with Crippen molar-refractivity contribution in [1.82, 2.24) is 15.4 Å². The monoisotopic (exact) mass is 157 g/mol. The maximum absolute atomic E-state index is 10.2. The van der Waals surface area contributed by atoms with Crippen LogP contribution in [-0.2, 0) is 4.79 Å². The van der Waals surface area contributed by atoms with Gasteiger partial charge in [0.15, 0.2) is 6.10 Å². The highest BCUT2D eigenvalue weighted by atomic mass is 16.4. The van der Waals surface area contributed by atoms with E-state index in [0.29, 0.717) is 5.69 Å². The van der Waals surface area contributed by atoms with E-state index in [0.717, 1.165) is 0 Å². The fourth-order valence-electron chi connectivity index (χ4n) is 0.668. The maximum Gasteiger partial charge on any atom is 0.339 e. The van der Waals surface area contributed by atoms with Crippen LogP contribution in [0.25, 0.3) is 0 Å². The summed E-state index contributed by atoms with van der Waals surface area (Å²) in [4.78, 5) is 10.2. The van der Waals surface area contributed by atoms with E-state index in [1.54, 1.807) is 6.92 Å². The summed E-state index contributed by atoms with van der Waals surface area (Å²) >= 11 is 0. The standard InChI is InChI=1S/C5H7N3O3/c1-2-3(7-8-6-2)4(9)5(10)11/h4,9H,1H3,(H,10,11)(H,6,7,8). The lowest BCUT2D eigenvalue weighted by atomic mass is 10.2. The van der Waals surface area contributed by atoms with Crippen molar-refractivity contribution >= 4 is 5.97 Å². The molecule has 1 rings (SSSR count). The van der Waals surface area contributed by atoms with E-state index in [-0.39, 0.29) is 5.69 Å². The van der Waals surface area contributed by atoms with Gasteiger partial charge in [0.1, 0.15) is 5.69 Å². The first kappa shape index (κ1) is 7.67. The fraction of sp³-hybridized carbons (Fsp3) is 0.400. The van der Waals surface area contributed by atoms with E-state index < -0.39 is 12.1 Å². The Morgan fingerprint density at radius 1 is 1.64 bits per heavy atom. The summed E-state index contributed by atoms with van der Waals surface area (Å²) in [5.41, 5.74) is 0.442. The molecular weight excluding hydrogens is 150 g/mol. The highest BCUT2D eigenvalue weighted by molar-refractivity contribution is 5.73. The quantitative estimate of drug-likeness (QED) is 0.523. The number of aryl methyl sites for hydroxylation is 1. The highest BCUT2D eigenvalue weighted by Crippen LogP contribution is 2.11. The van der Waals surface area contributed by atoms with Crippen LogP contribution >= 0.6 is 0 Å². The summed E-state index contributed by atoms with van der Waals surface area (Å²) in [6, 6.07) is 0. The summed E-state index contributed by atoms with van der Waals surface area (Å²) in [7, 11) is 0. The lowest BCUT2D eigenvalue weighted by Crippen LogP contribution is -2.11. The maximum atomic E-state index is 10.2. The average Bonchev–Trinajstić information content (AvgIpc) is 2.33. The smallest absolute Gasteiger partial charge is 0.339 e. The number of rotatable bonds is 2. The lowest BCUT2D eigenvalue weighted by Gasteiger charge is -1.99. The molecule has 0 amide bonds. The molecule has 60 valence electrons. The van der Waals surface area contributed by atoms with E-state index in [9.17, 15) is 4.79 Å². The summed E-state index contributed by atoms with van der Waals surface area (Å²) < 4.78 is 0. The number of carbonyl (C=O) groups is 1. The molecule has 0 aliphatic heterocycles. The molecule has 0 spiro atoms. The summed E-state index contributed by atoms with van der Waals surface area (Å²) in [5.74, 6) is -1.33. The van der Waals surface area contributed by atoms with Gasteiger partial charge in [-0.3, -0.25) is 0 Å². The van der Waals surface area contributed by atoms with Gasteiger partial charge in [0.2, 0.25) is 0 Å². The first-order valence-electron chi connectivity index (χ1n) is 2.91. The summed E-state index contributed by atoms with van der Waals surface area (Å²) in [5, 5.41) is 26.5. The van der Waals surface area contributed by atoms with Crippen molar-refractivity contribution < 1.29 is 15.0 Å². The first-order chi connectivity index (χ1) is 5.13.